The summed E-state index contributed by atoms with van der Waals surface area (Å²) in [4.78, 5) is 35.1. The zero-order chi connectivity index (χ0) is 21.6. The molecule has 3 fully saturated rings. The largest absolute Gasteiger partial charge is 0.341 e. The van der Waals surface area contributed by atoms with Crippen molar-refractivity contribution in [3.63, 3.8) is 0 Å². The highest BCUT2D eigenvalue weighted by Crippen LogP contribution is 2.26. The second kappa shape index (κ2) is 10.6. The molecule has 0 aliphatic carbocycles. The maximum atomic E-state index is 13.5. The fraction of sp³-hybridized carbons (Fsp3) is 0.680. The Balaban J connectivity index is 1.38. The van der Waals surface area contributed by atoms with E-state index in [1.54, 1.807) is 0 Å². The first kappa shape index (κ1) is 22.3. The molecular formula is C25H38N4O2. The summed E-state index contributed by atoms with van der Waals surface area (Å²) < 4.78 is 0. The average Bonchev–Trinajstić information content (AvgIpc) is 2.82. The number of benzene rings is 1. The van der Waals surface area contributed by atoms with E-state index in [-0.39, 0.29) is 17.9 Å². The predicted octanol–water partition coefficient (Wildman–Crippen LogP) is 2.76. The SMILES string of the molecule is C[C@@H]1CCCCN1C(=O)CN1CCN([C@H](C(=O)N2CCCCC2)c2ccccc2)CC1. The molecule has 2 amide bonds. The summed E-state index contributed by atoms with van der Waals surface area (Å²) >= 11 is 0. The van der Waals surface area contributed by atoms with Crippen LogP contribution in [0, 0.1) is 0 Å². The van der Waals surface area contributed by atoms with Crippen molar-refractivity contribution in [2.45, 2.75) is 57.5 Å². The molecule has 170 valence electrons. The first-order valence-corrected chi connectivity index (χ1v) is 12.2. The smallest absolute Gasteiger partial charge is 0.244 e. The fourth-order valence-electron chi connectivity index (χ4n) is 5.36. The van der Waals surface area contributed by atoms with E-state index < -0.39 is 0 Å². The lowest BCUT2D eigenvalue weighted by Crippen LogP contribution is -2.54. The van der Waals surface area contributed by atoms with Gasteiger partial charge in [-0.25, -0.2) is 0 Å². The van der Waals surface area contributed by atoms with Crippen molar-refractivity contribution in [1.82, 2.24) is 19.6 Å². The molecule has 1 aromatic carbocycles. The normalized spacial score (nSPS) is 24.7. The third-order valence-electron chi connectivity index (χ3n) is 7.27. The van der Waals surface area contributed by atoms with Crippen LogP contribution < -0.4 is 0 Å². The van der Waals surface area contributed by atoms with Gasteiger partial charge in [-0.1, -0.05) is 30.3 Å². The standard InChI is InChI=1S/C25H38N4O2/c1-21-10-6-9-15-29(21)23(30)20-26-16-18-27(19-17-26)24(22-11-4-2-5-12-22)25(31)28-13-7-3-8-14-28/h2,4-5,11-12,21,24H,3,6-10,13-20H2,1H3/t21-,24+/m1/s1. The molecule has 3 aliphatic rings. The van der Waals surface area contributed by atoms with Gasteiger partial charge in [0.05, 0.1) is 6.54 Å². The second-order valence-corrected chi connectivity index (χ2v) is 9.44. The maximum absolute atomic E-state index is 13.5. The van der Waals surface area contributed by atoms with Gasteiger partial charge >= 0.3 is 0 Å². The summed E-state index contributed by atoms with van der Waals surface area (Å²) in [5.41, 5.74) is 1.09. The van der Waals surface area contributed by atoms with Crippen molar-refractivity contribution < 1.29 is 9.59 Å². The highest BCUT2D eigenvalue weighted by Gasteiger charge is 2.34. The van der Waals surface area contributed by atoms with Crippen LogP contribution in [0.5, 0.6) is 0 Å². The molecular weight excluding hydrogens is 388 g/mol. The molecule has 0 unspecified atom stereocenters. The molecule has 0 N–H and O–H groups in total. The zero-order valence-electron chi connectivity index (χ0n) is 19.0. The van der Waals surface area contributed by atoms with Crippen LogP contribution in [-0.2, 0) is 9.59 Å². The Morgan fingerprint density at radius 3 is 2.23 bits per heavy atom. The van der Waals surface area contributed by atoms with Crippen LogP contribution in [0.2, 0.25) is 0 Å². The Bertz CT molecular complexity index is 726. The third kappa shape index (κ3) is 5.47. The van der Waals surface area contributed by atoms with Gasteiger partial charge in [-0.15, -0.1) is 0 Å². The number of nitrogens with zero attached hydrogens (tertiary/aromatic N) is 4. The summed E-state index contributed by atoms with van der Waals surface area (Å²) in [5.74, 6) is 0.516. The van der Waals surface area contributed by atoms with E-state index in [9.17, 15) is 9.59 Å². The van der Waals surface area contributed by atoms with E-state index in [1.165, 1.54) is 12.8 Å². The Morgan fingerprint density at radius 1 is 0.871 bits per heavy atom. The number of piperidine rings is 2. The van der Waals surface area contributed by atoms with Crippen molar-refractivity contribution in [2.24, 2.45) is 0 Å². The topological polar surface area (TPSA) is 47.1 Å². The molecule has 1 aromatic rings. The minimum absolute atomic E-state index is 0.209. The van der Waals surface area contributed by atoms with E-state index in [0.29, 0.717) is 12.6 Å². The van der Waals surface area contributed by atoms with Gasteiger partial charge in [-0.05, 0) is 51.0 Å². The molecule has 3 aliphatic heterocycles. The lowest BCUT2D eigenvalue weighted by atomic mass is 10.0. The number of likely N-dealkylation sites (tertiary alicyclic amines) is 2. The Kier molecular flexibility index (Phi) is 7.62. The number of hydrogen-bond donors (Lipinski definition) is 0. The molecule has 0 bridgehead atoms. The predicted molar refractivity (Wildman–Crippen MR) is 123 cm³/mol. The van der Waals surface area contributed by atoms with E-state index in [1.807, 2.05) is 18.2 Å². The van der Waals surface area contributed by atoms with Crippen LogP contribution >= 0.6 is 0 Å². The molecule has 3 saturated heterocycles. The van der Waals surface area contributed by atoms with E-state index in [0.717, 1.165) is 77.1 Å². The minimum Gasteiger partial charge on any atom is -0.341 e. The lowest BCUT2D eigenvalue weighted by Gasteiger charge is -2.41. The van der Waals surface area contributed by atoms with Gasteiger partial charge < -0.3 is 9.80 Å². The first-order chi connectivity index (χ1) is 15.1. The molecule has 4 rings (SSSR count). The summed E-state index contributed by atoms with van der Waals surface area (Å²) in [6.45, 7) is 8.66. The Labute approximate surface area is 187 Å². The van der Waals surface area contributed by atoms with Crippen LogP contribution in [0.25, 0.3) is 0 Å². The van der Waals surface area contributed by atoms with Crippen molar-refractivity contribution in [3.05, 3.63) is 35.9 Å². The van der Waals surface area contributed by atoms with Crippen molar-refractivity contribution in [2.75, 3.05) is 52.4 Å². The number of hydrogen-bond acceptors (Lipinski definition) is 4. The van der Waals surface area contributed by atoms with Crippen molar-refractivity contribution in [3.8, 4) is 0 Å². The van der Waals surface area contributed by atoms with Crippen molar-refractivity contribution in [1.29, 1.82) is 0 Å². The zero-order valence-corrected chi connectivity index (χ0v) is 19.0. The molecule has 0 radical (unpaired) electrons. The summed E-state index contributed by atoms with van der Waals surface area (Å²) in [5, 5.41) is 0. The maximum Gasteiger partial charge on any atom is 0.244 e. The van der Waals surface area contributed by atoms with Crippen LogP contribution in [0.1, 0.15) is 57.1 Å². The quantitative estimate of drug-likeness (QED) is 0.726. The molecule has 6 nitrogen and oxygen atoms in total. The van der Waals surface area contributed by atoms with Crippen LogP contribution in [0.3, 0.4) is 0 Å². The molecule has 0 aromatic heterocycles. The first-order valence-electron chi connectivity index (χ1n) is 12.2. The molecule has 2 atom stereocenters. The van der Waals surface area contributed by atoms with E-state index in [4.69, 9.17) is 0 Å². The number of piperazine rings is 1. The average molecular weight is 427 g/mol. The van der Waals surface area contributed by atoms with Gasteiger partial charge in [0.15, 0.2) is 0 Å². The number of carbonyl (C=O) groups excluding carboxylic acids is 2. The van der Waals surface area contributed by atoms with E-state index >= 15 is 0 Å². The van der Waals surface area contributed by atoms with Crippen LogP contribution in [0.4, 0.5) is 0 Å². The number of rotatable bonds is 5. The summed E-state index contributed by atoms with van der Waals surface area (Å²) in [7, 11) is 0. The van der Waals surface area contributed by atoms with Gasteiger partial charge in [0.1, 0.15) is 6.04 Å². The highest BCUT2D eigenvalue weighted by molar-refractivity contribution is 5.83. The van der Waals surface area contributed by atoms with Crippen molar-refractivity contribution >= 4 is 11.8 Å². The monoisotopic (exact) mass is 426 g/mol. The van der Waals surface area contributed by atoms with Gasteiger partial charge in [0.25, 0.3) is 0 Å². The number of carbonyl (C=O) groups is 2. The van der Waals surface area contributed by atoms with Gasteiger partial charge in [-0.2, -0.15) is 0 Å². The van der Waals surface area contributed by atoms with E-state index in [2.05, 4.69) is 38.7 Å². The van der Waals surface area contributed by atoms with Crippen LogP contribution in [0.15, 0.2) is 30.3 Å². The molecule has 0 spiro atoms. The minimum atomic E-state index is -0.209. The highest BCUT2D eigenvalue weighted by atomic mass is 16.2. The summed E-state index contributed by atoms with van der Waals surface area (Å²) in [6, 6.07) is 10.4. The molecule has 31 heavy (non-hydrogen) atoms. The number of amides is 2. The van der Waals surface area contributed by atoms with Gasteiger partial charge in [0.2, 0.25) is 11.8 Å². The Hall–Kier alpha value is -1.92. The third-order valence-corrected chi connectivity index (χ3v) is 7.27. The summed E-state index contributed by atoms with van der Waals surface area (Å²) in [6.07, 6.45) is 6.92. The Morgan fingerprint density at radius 2 is 1.55 bits per heavy atom. The fourth-order valence-corrected chi connectivity index (χ4v) is 5.36. The van der Waals surface area contributed by atoms with Crippen LogP contribution in [-0.4, -0.2) is 89.8 Å². The van der Waals surface area contributed by atoms with Gasteiger partial charge in [0, 0.05) is 51.9 Å². The molecule has 3 heterocycles. The second-order valence-electron chi connectivity index (χ2n) is 9.44. The molecule has 0 saturated carbocycles. The lowest BCUT2D eigenvalue weighted by molar-refractivity contribution is -0.140. The molecule has 6 heteroatoms. The van der Waals surface area contributed by atoms with Gasteiger partial charge in [-0.3, -0.25) is 19.4 Å².